The van der Waals surface area contributed by atoms with Gasteiger partial charge in [0.25, 0.3) is 0 Å². The van der Waals surface area contributed by atoms with Crippen molar-refractivity contribution in [1.29, 1.82) is 0 Å². The van der Waals surface area contributed by atoms with Crippen LogP contribution in [-0.4, -0.2) is 11.2 Å². The van der Waals surface area contributed by atoms with Crippen LogP contribution >= 0.6 is 0 Å². The fraction of sp³-hybridized carbons (Fsp3) is 0.778. The highest BCUT2D eigenvalue weighted by atomic mass is 16.3. The lowest BCUT2D eigenvalue weighted by molar-refractivity contribution is 0.139. The zero-order valence-electron chi connectivity index (χ0n) is 6.80. The molecule has 1 nitrogen and oxygen atoms in total. The third-order valence-corrected chi connectivity index (χ3v) is 2.46. The molecule has 1 fully saturated rings. The lowest BCUT2D eigenvalue weighted by Crippen LogP contribution is -2.11. The lowest BCUT2D eigenvalue weighted by Gasteiger charge is -2.08. The van der Waals surface area contributed by atoms with Crippen LogP contribution in [0.3, 0.4) is 0 Å². The minimum absolute atomic E-state index is 0.146. The van der Waals surface area contributed by atoms with Crippen molar-refractivity contribution in [1.82, 2.24) is 0 Å². The molecule has 0 heterocycles. The largest absolute Gasteiger partial charge is 0.392 e. The van der Waals surface area contributed by atoms with E-state index in [0.717, 1.165) is 6.42 Å². The van der Waals surface area contributed by atoms with E-state index in [9.17, 15) is 5.11 Å². The van der Waals surface area contributed by atoms with Crippen molar-refractivity contribution in [3.63, 3.8) is 0 Å². The molecule has 1 rings (SSSR count). The Labute approximate surface area is 62.8 Å². The van der Waals surface area contributed by atoms with Crippen LogP contribution in [0, 0.1) is 11.3 Å². The molecule has 0 radical (unpaired) electrons. The number of hydrogen-bond acceptors (Lipinski definition) is 1. The molecule has 0 aromatic rings. The van der Waals surface area contributed by atoms with Gasteiger partial charge >= 0.3 is 0 Å². The Kier molecular flexibility index (Phi) is 1.86. The van der Waals surface area contributed by atoms with Gasteiger partial charge in [0.15, 0.2) is 0 Å². The molecule has 0 amide bonds. The van der Waals surface area contributed by atoms with E-state index in [4.69, 9.17) is 0 Å². The Morgan fingerprint density at radius 1 is 1.80 bits per heavy atom. The van der Waals surface area contributed by atoms with Gasteiger partial charge in [0.2, 0.25) is 0 Å². The average Bonchev–Trinajstić information content (AvgIpc) is 2.41. The van der Waals surface area contributed by atoms with E-state index in [1.165, 1.54) is 6.42 Å². The first-order valence-corrected chi connectivity index (χ1v) is 3.87. The first kappa shape index (κ1) is 7.80. The summed E-state index contributed by atoms with van der Waals surface area (Å²) >= 11 is 0. The molecule has 1 heteroatoms. The summed E-state index contributed by atoms with van der Waals surface area (Å²) in [5.74, 6) is 0.519. The van der Waals surface area contributed by atoms with E-state index in [-0.39, 0.29) is 6.10 Å². The third kappa shape index (κ3) is 1.40. The first-order valence-electron chi connectivity index (χ1n) is 3.87. The molecule has 2 atom stereocenters. The molecular weight excluding hydrogens is 124 g/mol. The summed E-state index contributed by atoms with van der Waals surface area (Å²) < 4.78 is 0. The van der Waals surface area contributed by atoms with Gasteiger partial charge in [0.1, 0.15) is 0 Å². The van der Waals surface area contributed by atoms with Crippen LogP contribution < -0.4 is 0 Å². The summed E-state index contributed by atoms with van der Waals surface area (Å²) in [4.78, 5) is 0. The van der Waals surface area contributed by atoms with E-state index in [2.05, 4.69) is 20.4 Å². The van der Waals surface area contributed by atoms with Crippen LogP contribution in [0.2, 0.25) is 0 Å². The van der Waals surface area contributed by atoms with Crippen LogP contribution in [0.4, 0.5) is 0 Å². The molecule has 2 unspecified atom stereocenters. The number of aliphatic hydroxyl groups excluding tert-OH is 1. The van der Waals surface area contributed by atoms with Crippen molar-refractivity contribution in [2.75, 3.05) is 0 Å². The summed E-state index contributed by atoms with van der Waals surface area (Å²) in [6, 6.07) is 0. The Balaban J connectivity index is 2.32. The number of aliphatic hydroxyl groups is 1. The SMILES string of the molecule is C=CCC(O)C1CC1(C)C. The second-order valence-corrected chi connectivity index (χ2v) is 3.89. The Morgan fingerprint density at radius 2 is 2.30 bits per heavy atom. The van der Waals surface area contributed by atoms with E-state index >= 15 is 0 Å². The molecule has 0 saturated heterocycles. The van der Waals surface area contributed by atoms with Crippen molar-refractivity contribution >= 4 is 0 Å². The van der Waals surface area contributed by atoms with Crippen LogP contribution in [-0.2, 0) is 0 Å². The van der Waals surface area contributed by atoms with Gasteiger partial charge < -0.3 is 5.11 Å². The van der Waals surface area contributed by atoms with Gasteiger partial charge in [-0.25, -0.2) is 0 Å². The van der Waals surface area contributed by atoms with E-state index < -0.39 is 0 Å². The fourth-order valence-corrected chi connectivity index (χ4v) is 1.50. The second-order valence-electron chi connectivity index (χ2n) is 3.89. The smallest absolute Gasteiger partial charge is 0.0607 e. The van der Waals surface area contributed by atoms with Crippen molar-refractivity contribution in [2.45, 2.75) is 32.8 Å². The molecule has 0 aromatic carbocycles. The molecule has 1 aliphatic carbocycles. The molecule has 0 aromatic heterocycles. The quantitative estimate of drug-likeness (QED) is 0.594. The highest BCUT2D eigenvalue weighted by molar-refractivity contribution is 5.00. The van der Waals surface area contributed by atoms with E-state index in [1.54, 1.807) is 6.08 Å². The fourth-order valence-electron chi connectivity index (χ4n) is 1.50. The van der Waals surface area contributed by atoms with Crippen LogP contribution in [0.5, 0.6) is 0 Å². The summed E-state index contributed by atoms with van der Waals surface area (Å²) in [7, 11) is 0. The Hall–Kier alpha value is -0.300. The standard InChI is InChI=1S/C9H16O/c1-4-5-8(10)7-6-9(7,2)3/h4,7-8,10H,1,5-6H2,2-3H3. The van der Waals surface area contributed by atoms with Crippen LogP contribution in [0.1, 0.15) is 26.7 Å². The maximum atomic E-state index is 9.45. The van der Waals surface area contributed by atoms with Crippen molar-refractivity contribution in [2.24, 2.45) is 11.3 Å². The summed E-state index contributed by atoms with van der Waals surface area (Å²) in [5.41, 5.74) is 0.391. The minimum atomic E-state index is -0.146. The predicted molar refractivity (Wildman–Crippen MR) is 42.7 cm³/mol. The van der Waals surface area contributed by atoms with Gasteiger partial charge in [-0.1, -0.05) is 19.9 Å². The van der Waals surface area contributed by atoms with Gasteiger partial charge in [0, 0.05) is 0 Å². The number of hydrogen-bond donors (Lipinski definition) is 1. The average molecular weight is 140 g/mol. The zero-order valence-corrected chi connectivity index (χ0v) is 6.80. The van der Waals surface area contributed by atoms with Gasteiger partial charge in [-0.15, -0.1) is 6.58 Å². The molecule has 0 aliphatic heterocycles. The molecule has 0 bridgehead atoms. The predicted octanol–water partition coefficient (Wildman–Crippen LogP) is 1.97. The molecule has 58 valence electrons. The molecule has 1 saturated carbocycles. The maximum Gasteiger partial charge on any atom is 0.0607 e. The Bertz CT molecular complexity index is 138. The minimum Gasteiger partial charge on any atom is -0.392 e. The monoisotopic (exact) mass is 140 g/mol. The molecule has 1 aliphatic rings. The molecule has 10 heavy (non-hydrogen) atoms. The molecule has 0 spiro atoms. The van der Waals surface area contributed by atoms with Gasteiger partial charge in [-0.2, -0.15) is 0 Å². The maximum absolute atomic E-state index is 9.45. The van der Waals surface area contributed by atoms with Crippen molar-refractivity contribution in [3.05, 3.63) is 12.7 Å². The Morgan fingerprint density at radius 3 is 2.60 bits per heavy atom. The lowest BCUT2D eigenvalue weighted by atomic mass is 10.0. The van der Waals surface area contributed by atoms with Gasteiger partial charge in [0.05, 0.1) is 6.10 Å². The van der Waals surface area contributed by atoms with E-state index in [1.807, 2.05) is 0 Å². The highest BCUT2D eigenvalue weighted by Crippen LogP contribution is 2.54. The van der Waals surface area contributed by atoms with Crippen LogP contribution in [0.25, 0.3) is 0 Å². The molecular formula is C9H16O. The van der Waals surface area contributed by atoms with Crippen molar-refractivity contribution < 1.29 is 5.11 Å². The van der Waals surface area contributed by atoms with Crippen LogP contribution in [0.15, 0.2) is 12.7 Å². The third-order valence-electron chi connectivity index (χ3n) is 2.46. The summed E-state index contributed by atoms with van der Waals surface area (Å²) in [5, 5.41) is 9.45. The molecule has 1 N–H and O–H groups in total. The van der Waals surface area contributed by atoms with E-state index in [0.29, 0.717) is 11.3 Å². The van der Waals surface area contributed by atoms with Crippen molar-refractivity contribution in [3.8, 4) is 0 Å². The number of rotatable bonds is 3. The van der Waals surface area contributed by atoms with Gasteiger partial charge in [-0.3, -0.25) is 0 Å². The zero-order chi connectivity index (χ0) is 7.78. The topological polar surface area (TPSA) is 20.2 Å². The summed E-state index contributed by atoms with van der Waals surface area (Å²) in [6.07, 6.45) is 3.56. The highest BCUT2D eigenvalue weighted by Gasteiger charge is 2.49. The second kappa shape index (κ2) is 2.39. The van der Waals surface area contributed by atoms with Gasteiger partial charge in [-0.05, 0) is 24.2 Å². The first-order chi connectivity index (χ1) is 4.58. The summed E-state index contributed by atoms with van der Waals surface area (Å²) in [6.45, 7) is 8.00. The normalized spacial score (nSPS) is 31.3.